The summed E-state index contributed by atoms with van der Waals surface area (Å²) in [6.45, 7) is 0.0858. The number of hydrogen-bond acceptors (Lipinski definition) is 5. The van der Waals surface area contributed by atoms with E-state index in [0.29, 0.717) is 30.3 Å². The van der Waals surface area contributed by atoms with Gasteiger partial charge in [-0.25, -0.2) is 4.39 Å². The van der Waals surface area contributed by atoms with Crippen LogP contribution in [0.1, 0.15) is 31.0 Å². The molecule has 1 aromatic heterocycles. The average Bonchev–Trinajstić information content (AvgIpc) is 2.96. The highest BCUT2D eigenvalue weighted by molar-refractivity contribution is 6.30. The van der Waals surface area contributed by atoms with E-state index in [1.54, 1.807) is 0 Å². The summed E-state index contributed by atoms with van der Waals surface area (Å²) >= 11 is 5.68. The van der Waals surface area contributed by atoms with Crippen molar-refractivity contribution >= 4 is 17.5 Å². The predicted molar refractivity (Wildman–Crippen MR) is 79.5 cm³/mol. The van der Waals surface area contributed by atoms with Crippen LogP contribution in [0.3, 0.4) is 0 Å². The summed E-state index contributed by atoms with van der Waals surface area (Å²) in [5.41, 5.74) is 0. The van der Waals surface area contributed by atoms with Crippen molar-refractivity contribution < 1.29 is 18.4 Å². The molecule has 0 aliphatic carbocycles. The molecule has 1 fully saturated rings. The highest BCUT2D eigenvalue weighted by Crippen LogP contribution is 2.21. The van der Waals surface area contributed by atoms with Crippen molar-refractivity contribution in [1.29, 1.82) is 0 Å². The smallest absolute Gasteiger partial charge is 0.228 e. The molecule has 6 nitrogen and oxygen atoms in total. The molecule has 0 bridgehead atoms. The molecule has 3 rings (SSSR count). The van der Waals surface area contributed by atoms with E-state index in [2.05, 4.69) is 15.5 Å². The zero-order valence-electron chi connectivity index (χ0n) is 12.2. The molecule has 1 aromatic carbocycles. The standard InChI is InChI=1S/C15H15ClFN3O3/c16-11-7-10(4-5-12(11)17)22-8-13-19-15(23-20-13)6-9-2-1-3-14(21)18-9/h4-5,7,9H,1-3,6,8H2,(H,18,21). The largest absolute Gasteiger partial charge is 0.485 e. The van der Waals surface area contributed by atoms with Crippen molar-refractivity contribution in [2.75, 3.05) is 0 Å². The first kappa shape index (κ1) is 15.7. The second-order valence-corrected chi connectivity index (χ2v) is 5.74. The van der Waals surface area contributed by atoms with Gasteiger partial charge in [0.25, 0.3) is 0 Å². The molecule has 0 radical (unpaired) electrons. The monoisotopic (exact) mass is 339 g/mol. The molecule has 1 amide bonds. The minimum absolute atomic E-state index is 0.00987. The fourth-order valence-corrected chi connectivity index (χ4v) is 2.56. The van der Waals surface area contributed by atoms with Gasteiger partial charge in [0.15, 0.2) is 6.61 Å². The SMILES string of the molecule is O=C1CCCC(Cc2nc(COc3ccc(F)c(Cl)c3)no2)N1. The Kier molecular flexibility index (Phi) is 4.76. The normalized spacial score (nSPS) is 17.8. The molecule has 1 N–H and O–H groups in total. The second kappa shape index (κ2) is 6.95. The molecular weight excluding hydrogens is 325 g/mol. The number of rotatable bonds is 5. The van der Waals surface area contributed by atoms with Gasteiger partial charge in [-0.3, -0.25) is 4.79 Å². The number of hydrogen-bond donors (Lipinski definition) is 1. The maximum absolute atomic E-state index is 13.1. The van der Waals surface area contributed by atoms with Crippen LogP contribution in [-0.2, 0) is 17.8 Å². The maximum Gasteiger partial charge on any atom is 0.228 e. The van der Waals surface area contributed by atoms with Gasteiger partial charge in [0.05, 0.1) is 5.02 Å². The topological polar surface area (TPSA) is 77.2 Å². The van der Waals surface area contributed by atoms with Crippen molar-refractivity contribution in [3.8, 4) is 5.75 Å². The molecule has 8 heteroatoms. The Labute approximate surface area is 137 Å². The molecule has 23 heavy (non-hydrogen) atoms. The highest BCUT2D eigenvalue weighted by Gasteiger charge is 2.21. The predicted octanol–water partition coefficient (Wildman–Crippen LogP) is 2.65. The number of nitrogens with zero attached hydrogens (tertiary/aromatic N) is 2. The Hall–Kier alpha value is -2.15. The first-order chi connectivity index (χ1) is 11.1. The number of piperidine rings is 1. The minimum Gasteiger partial charge on any atom is -0.485 e. The Balaban J connectivity index is 1.54. The zero-order chi connectivity index (χ0) is 16.2. The van der Waals surface area contributed by atoms with E-state index in [0.717, 1.165) is 12.8 Å². The van der Waals surface area contributed by atoms with Gasteiger partial charge >= 0.3 is 0 Å². The number of ether oxygens (including phenoxy) is 1. The van der Waals surface area contributed by atoms with Crippen molar-refractivity contribution in [1.82, 2.24) is 15.5 Å². The molecule has 0 saturated carbocycles. The molecule has 122 valence electrons. The first-order valence-corrected chi connectivity index (χ1v) is 7.66. The first-order valence-electron chi connectivity index (χ1n) is 7.29. The van der Waals surface area contributed by atoms with E-state index < -0.39 is 5.82 Å². The number of amides is 1. The van der Waals surface area contributed by atoms with Gasteiger partial charge in [-0.1, -0.05) is 16.8 Å². The maximum atomic E-state index is 13.1. The molecule has 1 aliphatic rings. The summed E-state index contributed by atoms with van der Waals surface area (Å²) in [5.74, 6) is 0.797. The quantitative estimate of drug-likeness (QED) is 0.906. The molecule has 1 unspecified atom stereocenters. The highest BCUT2D eigenvalue weighted by atomic mass is 35.5. The summed E-state index contributed by atoms with van der Waals surface area (Å²) in [4.78, 5) is 15.6. The van der Waals surface area contributed by atoms with Gasteiger partial charge in [0, 0.05) is 24.9 Å². The van der Waals surface area contributed by atoms with E-state index in [1.165, 1.54) is 18.2 Å². The van der Waals surface area contributed by atoms with Crippen LogP contribution in [0.25, 0.3) is 0 Å². The summed E-state index contributed by atoms with van der Waals surface area (Å²) in [6, 6.07) is 4.11. The Morgan fingerprint density at radius 2 is 2.35 bits per heavy atom. The minimum atomic E-state index is -0.504. The third-order valence-corrected chi connectivity index (χ3v) is 3.80. The summed E-state index contributed by atoms with van der Waals surface area (Å²) in [7, 11) is 0. The molecule has 0 spiro atoms. The lowest BCUT2D eigenvalue weighted by Crippen LogP contribution is -2.40. The zero-order valence-corrected chi connectivity index (χ0v) is 13.0. The molecule has 2 heterocycles. The van der Waals surface area contributed by atoms with Crippen molar-refractivity contribution in [2.24, 2.45) is 0 Å². The average molecular weight is 340 g/mol. The lowest BCUT2D eigenvalue weighted by atomic mass is 10.0. The Morgan fingerprint density at radius 3 is 3.13 bits per heavy atom. The van der Waals surface area contributed by atoms with Gasteiger partial charge < -0.3 is 14.6 Å². The van der Waals surface area contributed by atoms with Crippen LogP contribution in [0.5, 0.6) is 5.75 Å². The molecule has 1 aliphatic heterocycles. The van der Waals surface area contributed by atoms with Gasteiger partial charge in [-0.05, 0) is 25.0 Å². The van der Waals surface area contributed by atoms with Crippen LogP contribution < -0.4 is 10.1 Å². The molecule has 1 saturated heterocycles. The number of carbonyl (C=O) groups is 1. The van der Waals surface area contributed by atoms with Crippen molar-refractivity contribution in [3.63, 3.8) is 0 Å². The van der Waals surface area contributed by atoms with Crippen LogP contribution in [-0.4, -0.2) is 22.1 Å². The van der Waals surface area contributed by atoms with Crippen molar-refractivity contribution in [3.05, 3.63) is 40.8 Å². The van der Waals surface area contributed by atoms with Gasteiger partial charge in [-0.2, -0.15) is 4.98 Å². The third kappa shape index (κ3) is 4.19. The van der Waals surface area contributed by atoms with Gasteiger partial charge in [0.2, 0.25) is 17.6 Å². The number of aromatic nitrogens is 2. The van der Waals surface area contributed by atoms with Crippen LogP contribution in [0.15, 0.2) is 22.7 Å². The van der Waals surface area contributed by atoms with E-state index in [1.807, 2.05) is 0 Å². The lowest BCUT2D eigenvalue weighted by molar-refractivity contribution is -0.123. The van der Waals surface area contributed by atoms with Gasteiger partial charge in [-0.15, -0.1) is 0 Å². The fourth-order valence-electron chi connectivity index (χ4n) is 2.39. The Morgan fingerprint density at radius 1 is 1.48 bits per heavy atom. The van der Waals surface area contributed by atoms with Crippen LogP contribution >= 0.6 is 11.6 Å². The van der Waals surface area contributed by atoms with Crippen LogP contribution in [0.2, 0.25) is 5.02 Å². The summed E-state index contributed by atoms with van der Waals surface area (Å²) < 4.78 is 23.7. The van der Waals surface area contributed by atoms with Crippen molar-refractivity contribution in [2.45, 2.75) is 38.3 Å². The molecular formula is C15H15ClFN3O3. The molecule has 2 aromatic rings. The second-order valence-electron chi connectivity index (χ2n) is 5.33. The third-order valence-electron chi connectivity index (χ3n) is 3.51. The number of halogens is 2. The number of benzene rings is 1. The van der Waals surface area contributed by atoms with E-state index in [9.17, 15) is 9.18 Å². The summed E-state index contributed by atoms with van der Waals surface area (Å²) in [6.07, 6.45) is 2.83. The lowest BCUT2D eigenvalue weighted by Gasteiger charge is -2.21. The molecule has 1 atom stereocenters. The van der Waals surface area contributed by atoms with E-state index in [-0.39, 0.29) is 23.6 Å². The Bertz CT molecular complexity index is 707. The van der Waals surface area contributed by atoms with Crippen LogP contribution in [0.4, 0.5) is 4.39 Å². The van der Waals surface area contributed by atoms with Crippen LogP contribution in [0, 0.1) is 5.82 Å². The summed E-state index contributed by atoms with van der Waals surface area (Å²) in [5, 5.41) is 6.71. The number of nitrogens with one attached hydrogen (secondary N) is 1. The number of carbonyl (C=O) groups excluding carboxylic acids is 1. The van der Waals surface area contributed by atoms with Gasteiger partial charge in [0.1, 0.15) is 11.6 Å². The fraction of sp³-hybridized carbons (Fsp3) is 0.400. The van der Waals surface area contributed by atoms with E-state index >= 15 is 0 Å². The van der Waals surface area contributed by atoms with E-state index in [4.69, 9.17) is 20.9 Å².